The van der Waals surface area contributed by atoms with Gasteiger partial charge in [-0.15, -0.1) is 0 Å². The van der Waals surface area contributed by atoms with Crippen molar-refractivity contribution in [1.82, 2.24) is 0 Å². The molecule has 6 heteroatoms. The average molecular weight is 405 g/mol. The normalized spacial score (nSPS) is 26.8. The minimum atomic E-state index is -0.164. The molecular weight excluding hydrogens is 382 g/mol. The highest BCUT2D eigenvalue weighted by Crippen LogP contribution is 2.56. The molecule has 4 unspecified atom stereocenters. The largest absolute Gasteiger partial charge is 0.497 e. The number of anilines is 1. The number of ether oxygens (including phenoxy) is 2. The summed E-state index contributed by atoms with van der Waals surface area (Å²) in [6.45, 7) is -0.132. The van der Waals surface area contributed by atoms with Crippen molar-refractivity contribution in [1.29, 1.82) is 0 Å². The van der Waals surface area contributed by atoms with Crippen LogP contribution in [0.15, 0.2) is 48.5 Å². The first-order valence-electron chi connectivity index (χ1n) is 10.3. The maximum absolute atomic E-state index is 13.0. The number of rotatable bonds is 6. The van der Waals surface area contributed by atoms with Crippen LogP contribution < -0.4 is 14.4 Å². The number of methoxy groups -OCH3 is 1. The molecule has 30 heavy (non-hydrogen) atoms. The molecule has 1 aliphatic heterocycles. The van der Waals surface area contributed by atoms with E-state index in [1.807, 2.05) is 0 Å². The Kier molecular flexibility index (Phi) is 4.57. The molecule has 2 bridgehead atoms. The number of fused-ring (bicyclic) bond motifs is 5. The zero-order valence-electron chi connectivity index (χ0n) is 16.7. The van der Waals surface area contributed by atoms with E-state index in [9.17, 15) is 14.4 Å². The molecule has 0 aromatic heterocycles. The molecule has 1 heterocycles. The standard InChI is InChI=1S/C24H23NO5/c1-29-18-9-7-14(8-10-18)20(26)13-30-19-4-2-3-17(12-19)25-23(27)21-15-5-6-16(11-15)22(21)24(25)28/h2-4,7-10,12,15-16,21-22H,5-6,11,13H2,1H3. The predicted octanol–water partition coefficient (Wildman–Crippen LogP) is 3.49. The molecule has 1 saturated heterocycles. The zero-order chi connectivity index (χ0) is 20.8. The Labute approximate surface area is 174 Å². The number of nitrogens with zero attached hydrogens (tertiary/aromatic N) is 1. The van der Waals surface area contributed by atoms with Gasteiger partial charge in [0.25, 0.3) is 0 Å². The summed E-state index contributed by atoms with van der Waals surface area (Å²) in [5, 5.41) is 0. The van der Waals surface area contributed by atoms with E-state index in [2.05, 4.69) is 0 Å². The second-order valence-corrected chi connectivity index (χ2v) is 8.33. The lowest BCUT2D eigenvalue weighted by molar-refractivity contribution is -0.123. The Morgan fingerprint density at radius 1 is 0.967 bits per heavy atom. The molecule has 2 aromatic carbocycles. The van der Waals surface area contributed by atoms with Gasteiger partial charge < -0.3 is 9.47 Å². The van der Waals surface area contributed by atoms with Gasteiger partial charge >= 0.3 is 0 Å². The Morgan fingerprint density at radius 2 is 1.63 bits per heavy atom. The van der Waals surface area contributed by atoms with Gasteiger partial charge in [-0.3, -0.25) is 14.4 Å². The van der Waals surface area contributed by atoms with Gasteiger partial charge in [0.2, 0.25) is 11.8 Å². The number of hydrogen-bond acceptors (Lipinski definition) is 5. The van der Waals surface area contributed by atoms with Gasteiger partial charge in [-0.2, -0.15) is 0 Å². The van der Waals surface area contributed by atoms with Crippen LogP contribution in [0.3, 0.4) is 0 Å². The van der Waals surface area contributed by atoms with Gasteiger partial charge in [-0.05, 0) is 67.5 Å². The van der Waals surface area contributed by atoms with Gasteiger partial charge in [0.05, 0.1) is 24.6 Å². The van der Waals surface area contributed by atoms with E-state index in [1.165, 1.54) is 4.90 Å². The third-order valence-electron chi connectivity index (χ3n) is 6.79. The molecule has 0 N–H and O–H groups in total. The summed E-state index contributed by atoms with van der Waals surface area (Å²) in [5.74, 6) is 1.20. The summed E-state index contributed by atoms with van der Waals surface area (Å²) in [4.78, 5) is 39.7. The van der Waals surface area contributed by atoms with Crippen molar-refractivity contribution >= 4 is 23.3 Å². The van der Waals surface area contributed by atoms with E-state index in [0.717, 1.165) is 19.3 Å². The molecule has 2 saturated carbocycles. The third-order valence-corrected chi connectivity index (χ3v) is 6.79. The summed E-state index contributed by atoms with van der Waals surface area (Å²) in [5.41, 5.74) is 1.05. The Bertz CT molecular complexity index is 987. The maximum Gasteiger partial charge on any atom is 0.237 e. The van der Waals surface area contributed by atoms with Crippen molar-refractivity contribution in [2.24, 2.45) is 23.7 Å². The van der Waals surface area contributed by atoms with Crippen LogP contribution in [-0.4, -0.2) is 31.3 Å². The predicted molar refractivity (Wildman–Crippen MR) is 110 cm³/mol. The van der Waals surface area contributed by atoms with Gasteiger partial charge in [0.15, 0.2) is 12.4 Å². The van der Waals surface area contributed by atoms with Crippen LogP contribution in [0.4, 0.5) is 5.69 Å². The highest BCUT2D eigenvalue weighted by molar-refractivity contribution is 6.22. The van der Waals surface area contributed by atoms with E-state index in [0.29, 0.717) is 34.6 Å². The summed E-state index contributed by atoms with van der Waals surface area (Å²) < 4.78 is 10.8. The highest BCUT2D eigenvalue weighted by Gasteiger charge is 2.61. The fourth-order valence-corrected chi connectivity index (χ4v) is 5.38. The quantitative estimate of drug-likeness (QED) is 0.543. The fourth-order valence-electron chi connectivity index (χ4n) is 5.38. The number of carbonyl (C=O) groups is 3. The van der Waals surface area contributed by atoms with Crippen molar-refractivity contribution < 1.29 is 23.9 Å². The van der Waals surface area contributed by atoms with Crippen molar-refractivity contribution in [3.05, 3.63) is 54.1 Å². The lowest BCUT2D eigenvalue weighted by atomic mass is 9.81. The molecule has 154 valence electrons. The van der Waals surface area contributed by atoms with E-state index in [-0.39, 0.29) is 36.0 Å². The maximum atomic E-state index is 13.0. The van der Waals surface area contributed by atoms with Crippen LogP contribution in [0.25, 0.3) is 0 Å². The van der Waals surface area contributed by atoms with Crippen LogP contribution in [0, 0.1) is 23.7 Å². The molecule has 6 nitrogen and oxygen atoms in total. The lowest BCUT2D eigenvalue weighted by Crippen LogP contribution is -2.32. The minimum absolute atomic E-state index is 0.0799. The van der Waals surface area contributed by atoms with Gasteiger partial charge in [0, 0.05) is 11.6 Å². The summed E-state index contributed by atoms with van der Waals surface area (Å²) in [6.07, 6.45) is 3.11. The fraction of sp³-hybridized carbons (Fsp3) is 0.375. The molecular formula is C24H23NO5. The SMILES string of the molecule is COc1ccc(C(=O)COc2cccc(N3C(=O)C4C5CCC(C5)C4C3=O)c2)cc1. The molecule has 0 radical (unpaired) electrons. The van der Waals surface area contributed by atoms with Crippen LogP contribution in [-0.2, 0) is 9.59 Å². The number of imide groups is 1. The molecule has 3 fully saturated rings. The van der Waals surface area contributed by atoms with Crippen molar-refractivity contribution in [3.8, 4) is 11.5 Å². The Balaban J connectivity index is 1.29. The first-order chi connectivity index (χ1) is 14.6. The Morgan fingerprint density at radius 3 is 2.27 bits per heavy atom. The van der Waals surface area contributed by atoms with Crippen LogP contribution in [0.5, 0.6) is 11.5 Å². The van der Waals surface area contributed by atoms with Gasteiger partial charge in [-0.1, -0.05) is 6.07 Å². The third kappa shape index (κ3) is 2.98. The monoisotopic (exact) mass is 405 g/mol. The minimum Gasteiger partial charge on any atom is -0.497 e. The van der Waals surface area contributed by atoms with Crippen LogP contribution in [0.1, 0.15) is 29.6 Å². The highest BCUT2D eigenvalue weighted by atomic mass is 16.5. The van der Waals surface area contributed by atoms with Crippen molar-refractivity contribution in [2.45, 2.75) is 19.3 Å². The zero-order valence-corrected chi connectivity index (χ0v) is 16.7. The molecule has 0 spiro atoms. The molecule has 4 atom stereocenters. The summed E-state index contributed by atoms with van der Waals surface area (Å²) in [6, 6.07) is 13.7. The number of benzene rings is 2. The first-order valence-corrected chi connectivity index (χ1v) is 10.3. The number of amides is 2. The van der Waals surface area contributed by atoms with Crippen molar-refractivity contribution in [2.75, 3.05) is 18.6 Å². The van der Waals surface area contributed by atoms with E-state index in [4.69, 9.17) is 9.47 Å². The van der Waals surface area contributed by atoms with Gasteiger partial charge in [0.1, 0.15) is 11.5 Å². The van der Waals surface area contributed by atoms with E-state index < -0.39 is 0 Å². The molecule has 3 aliphatic rings. The molecule has 2 aromatic rings. The number of ketones is 1. The number of Topliss-reactive ketones (excluding diaryl/α,β-unsaturated/α-hetero) is 1. The second kappa shape index (κ2) is 7.27. The van der Waals surface area contributed by atoms with E-state index in [1.54, 1.807) is 55.6 Å². The molecule has 2 aliphatic carbocycles. The van der Waals surface area contributed by atoms with E-state index >= 15 is 0 Å². The second-order valence-electron chi connectivity index (χ2n) is 8.33. The topological polar surface area (TPSA) is 72.9 Å². The first kappa shape index (κ1) is 18.9. The average Bonchev–Trinajstić information content (AvgIpc) is 3.46. The summed E-state index contributed by atoms with van der Waals surface area (Å²) >= 11 is 0. The lowest BCUT2D eigenvalue weighted by Gasteiger charge is -2.19. The van der Waals surface area contributed by atoms with Crippen molar-refractivity contribution in [3.63, 3.8) is 0 Å². The summed E-state index contributed by atoms with van der Waals surface area (Å²) in [7, 11) is 1.57. The molecule has 2 amide bonds. The number of carbonyl (C=O) groups excluding carboxylic acids is 3. The Hall–Kier alpha value is -3.15. The van der Waals surface area contributed by atoms with Crippen LogP contribution in [0.2, 0.25) is 0 Å². The van der Waals surface area contributed by atoms with Gasteiger partial charge in [-0.25, -0.2) is 4.90 Å². The molecule has 5 rings (SSSR count). The smallest absolute Gasteiger partial charge is 0.237 e. The van der Waals surface area contributed by atoms with Crippen LogP contribution >= 0.6 is 0 Å². The number of hydrogen-bond donors (Lipinski definition) is 0.